The normalized spacial score (nSPS) is 11.7. The van der Waals surface area contributed by atoms with Crippen molar-refractivity contribution in [3.63, 3.8) is 0 Å². The number of rotatable bonds is 6. The lowest BCUT2D eigenvalue weighted by molar-refractivity contribution is -0.115. The second-order valence-corrected chi connectivity index (χ2v) is 7.50. The highest BCUT2D eigenvalue weighted by Crippen LogP contribution is 2.38. The number of alkyl halides is 5. The summed E-state index contributed by atoms with van der Waals surface area (Å²) in [5.74, 6) is -0.512. The largest absolute Gasteiger partial charge is 0.446 e. The number of para-hydroxylation sites is 1. The zero-order chi connectivity index (χ0) is 21.9. The van der Waals surface area contributed by atoms with Gasteiger partial charge >= 0.3 is 5.51 Å². The van der Waals surface area contributed by atoms with Gasteiger partial charge in [-0.1, -0.05) is 30.3 Å². The fourth-order valence-electron chi connectivity index (χ4n) is 2.92. The Hall–Kier alpha value is -2.88. The number of thioether (sulfide) groups is 1. The molecule has 0 aliphatic heterocycles. The van der Waals surface area contributed by atoms with E-state index in [4.69, 9.17) is 0 Å². The maximum absolute atomic E-state index is 13.1. The Morgan fingerprint density at radius 2 is 1.80 bits per heavy atom. The van der Waals surface area contributed by atoms with Gasteiger partial charge in [-0.2, -0.15) is 18.3 Å². The van der Waals surface area contributed by atoms with E-state index < -0.39 is 23.5 Å². The van der Waals surface area contributed by atoms with Gasteiger partial charge in [0.05, 0.1) is 6.42 Å². The number of carbonyl (C=O) groups is 1. The minimum atomic E-state index is -4.38. The van der Waals surface area contributed by atoms with Gasteiger partial charge in [0.1, 0.15) is 5.69 Å². The molecule has 1 heterocycles. The van der Waals surface area contributed by atoms with Gasteiger partial charge < -0.3 is 5.32 Å². The van der Waals surface area contributed by atoms with Gasteiger partial charge in [-0.25, -0.2) is 8.78 Å². The molecule has 158 valence electrons. The average Bonchev–Trinajstić information content (AvgIpc) is 3.02. The maximum atomic E-state index is 13.1. The van der Waals surface area contributed by atoms with E-state index in [2.05, 4.69) is 10.4 Å². The molecule has 4 nitrogen and oxygen atoms in total. The second-order valence-electron chi connectivity index (χ2n) is 6.36. The van der Waals surface area contributed by atoms with Gasteiger partial charge in [-0.3, -0.25) is 9.48 Å². The van der Waals surface area contributed by atoms with Crippen LogP contribution in [-0.2, 0) is 18.3 Å². The van der Waals surface area contributed by atoms with E-state index >= 15 is 0 Å². The van der Waals surface area contributed by atoms with E-state index in [0.717, 1.165) is 0 Å². The fourth-order valence-corrected chi connectivity index (χ4v) is 3.46. The van der Waals surface area contributed by atoms with Gasteiger partial charge in [-0.15, -0.1) is 0 Å². The highest BCUT2D eigenvalue weighted by molar-refractivity contribution is 8.00. The smallest absolute Gasteiger partial charge is 0.325 e. The first kappa shape index (κ1) is 21.8. The Morgan fingerprint density at radius 3 is 2.43 bits per heavy atom. The molecular formula is C20H16F5N3OS. The number of hydrogen-bond acceptors (Lipinski definition) is 3. The third-order valence-corrected chi connectivity index (χ3v) is 4.83. The van der Waals surface area contributed by atoms with Crippen molar-refractivity contribution in [2.75, 3.05) is 5.32 Å². The van der Waals surface area contributed by atoms with Crippen LogP contribution in [0.4, 0.5) is 27.6 Å². The number of anilines is 1. The van der Waals surface area contributed by atoms with Crippen LogP contribution in [0.3, 0.4) is 0 Å². The summed E-state index contributed by atoms with van der Waals surface area (Å²) in [6.45, 7) is 0. The number of aryl methyl sites for hydroxylation is 1. The minimum absolute atomic E-state index is 0.0453. The fraction of sp³-hybridized carbons (Fsp3) is 0.200. The molecule has 3 aromatic rings. The SMILES string of the molecule is Cn1cc(CC(=O)Nc2ccccc2-c2ccc(SC(F)(F)F)cc2)c(C(F)F)n1. The minimum Gasteiger partial charge on any atom is -0.325 e. The summed E-state index contributed by atoms with van der Waals surface area (Å²) in [5.41, 5.74) is -3.09. The quantitative estimate of drug-likeness (QED) is 0.388. The van der Waals surface area contributed by atoms with Crippen LogP contribution in [0, 0.1) is 0 Å². The molecule has 3 rings (SSSR count). The lowest BCUT2D eigenvalue weighted by Gasteiger charge is -2.12. The molecular weight excluding hydrogens is 425 g/mol. The van der Waals surface area contributed by atoms with Crippen molar-refractivity contribution in [3.05, 3.63) is 66.0 Å². The second kappa shape index (κ2) is 8.86. The summed E-state index contributed by atoms with van der Waals surface area (Å²) < 4.78 is 64.8. The summed E-state index contributed by atoms with van der Waals surface area (Å²) >= 11 is -0.213. The number of carbonyl (C=O) groups excluding carboxylic acids is 1. The molecule has 0 saturated carbocycles. The van der Waals surface area contributed by atoms with Crippen molar-refractivity contribution < 1.29 is 26.7 Å². The summed E-state index contributed by atoms with van der Waals surface area (Å²) in [6.07, 6.45) is -1.72. The number of nitrogens with one attached hydrogen (secondary N) is 1. The van der Waals surface area contributed by atoms with Gasteiger partial charge in [0.2, 0.25) is 5.91 Å². The van der Waals surface area contributed by atoms with Crippen molar-refractivity contribution in [1.82, 2.24) is 9.78 Å². The van der Waals surface area contributed by atoms with Crippen LogP contribution < -0.4 is 5.32 Å². The van der Waals surface area contributed by atoms with Gasteiger partial charge in [0, 0.05) is 35.0 Å². The third kappa shape index (κ3) is 5.59. The number of aromatic nitrogens is 2. The Bertz CT molecular complexity index is 1030. The van der Waals surface area contributed by atoms with Crippen LogP contribution in [0.15, 0.2) is 59.6 Å². The number of hydrogen-bond donors (Lipinski definition) is 1. The molecule has 0 atom stereocenters. The highest BCUT2D eigenvalue weighted by atomic mass is 32.2. The van der Waals surface area contributed by atoms with E-state index in [1.54, 1.807) is 24.3 Å². The Kier molecular flexibility index (Phi) is 6.45. The summed E-state index contributed by atoms with van der Waals surface area (Å²) in [6, 6.07) is 12.5. The van der Waals surface area contributed by atoms with Crippen LogP contribution >= 0.6 is 11.8 Å². The number of benzene rings is 2. The number of halogens is 5. The lowest BCUT2D eigenvalue weighted by Crippen LogP contribution is -2.15. The van der Waals surface area contributed by atoms with Crippen molar-refractivity contribution >= 4 is 23.4 Å². The van der Waals surface area contributed by atoms with E-state index in [9.17, 15) is 26.7 Å². The molecule has 1 amide bonds. The highest BCUT2D eigenvalue weighted by Gasteiger charge is 2.29. The van der Waals surface area contributed by atoms with Crippen LogP contribution in [0.25, 0.3) is 11.1 Å². The standard InChI is InChI=1S/C20H16F5N3OS/c1-28-11-13(18(27-28)19(21)22)10-17(29)26-16-5-3-2-4-15(16)12-6-8-14(9-7-12)30-20(23,24)25/h2-9,11,19H,10H2,1H3,(H,26,29). The Balaban J connectivity index is 1.78. The van der Waals surface area contributed by atoms with Crippen molar-refractivity contribution in [2.24, 2.45) is 7.05 Å². The summed E-state index contributed by atoms with van der Waals surface area (Å²) in [5, 5.41) is 6.35. The molecule has 1 N–H and O–H groups in total. The van der Waals surface area contributed by atoms with E-state index in [1.807, 2.05) is 0 Å². The van der Waals surface area contributed by atoms with Crippen LogP contribution in [0.1, 0.15) is 17.7 Å². The average molecular weight is 441 g/mol. The molecule has 0 unspecified atom stereocenters. The van der Waals surface area contributed by atoms with Crippen LogP contribution in [0.5, 0.6) is 0 Å². The molecule has 10 heteroatoms. The third-order valence-electron chi connectivity index (χ3n) is 4.09. The topological polar surface area (TPSA) is 46.9 Å². The molecule has 0 spiro atoms. The molecule has 0 saturated heterocycles. The van der Waals surface area contributed by atoms with Crippen LogP contribution in [0.2, 0.25) is 0 Å². The van der Waals surface area contributed by atoms with Gasteiger partial charge in [0.25, 0.3) is 6.43 Å². The molecule has 2 aromatic carbocycles. The molecule has 0 fully saturated rings. The summed E-state index contributed by atoms with van der Waals surface area (Å²) in [4.78, 5) is 12.5. The number of nitrogens with zero attached hydrogens (tertiary/aromatic N) is 2. The zero-order valence-corrected chi connectivity index (χ0v) is 16.4. The van der Waals surface area contributed by atoms with Crippen LogP contribution in [-0.4, -0.2) is 21.2 Å². The predicted octanol–water partition coefficient (Wildman–Crippen LogP) is 5.82. The molecule has 30 heavy (non-hydrogen) atoms. The van der Waals surface area contributed by atoms with Crippen molar-refractivity contribution in [2.45, 2.75) is 23.3 Å². The van der Waals surface area contributed by atoms with Crippen molar-refractivity contribution in [1.29, 1.82) is 0 Å². The molecule has 0 aliphatic carbocycles. The first-order valence-corrected chi connectivity index (χ1v) is 9.49. The first-order chi connectivity index (χ1) is 14.1. The molecule has 0 radical (unpaired) electrons. The van der Waals surface area contributed by atoms with Gasteiger partial charge in [-0.05, 0) is 35.5 Å². The van der Waals surface area contributed by atoms with E-state index in [0.29, 0.717) is 16.8 Å². The monoisotopic (exact) mass is 441 g/mol. The first-order valence-electron chi connectivity index (χ1n) is 8.68. The lowest BCUT2D eigenvalue weighted by atomic mass is 10.0. The summed E-state index contributed by atoms with van der Waals surface area (Å²) in [7, 11) is 1.49. The molecule has 0 aliphatic rings. The Labute approximate surface area is 173 Å². The Morgan fingerprint density at radius 1 is 1.13 bits per heavy atom. The predicted molar refractivity (Wildman–Crippen MR) is 104 cm³/mol. The van der Waals surface area contributed by atoms with Gasteiger partial charge in [0.15, 0.2) is 0 Å². The zero-order valence-electron chi connectivity index (χ0n) is 15.6. The number of amides is 1. The van der Waals surface area contributed by atoms with Crippen molar-refractivity contribution in [3.8, 4) is 11.1 Å². The van der Waals surface area contributed by atoms with E-state index in [-0.39, 0.29) is 28.6 Å². The molecule has 0 bridgehead atoms. The molecule has 1 aromatic heterocycles. The van der Waals surface area contributed by atoms with E-state index in [1.165, 1.54) is 42.2 Å². The maximum Gasteiger partial charge on any atom is 0.446 e.